The van der Waals surface area contributed by atoms with Gasteiger partial charge in [-0.25, -0.2) is 0 Å². The number of fused-ring (bicyclic) bond motifs is 1. The second kappa shape index (κ2) is 9.46. The van der Waals surface area contributed by atoms with Crippen molar-refractivity contribution in [1.29, 1.82) is 0 Å². The van der Waals surface area contributed by atoms with Crippen LogP contribution in [0.4, 0.5) is 18.9 Å². The third-order valence-corrected chi connectivity index (χ3v) is 5.92. The van der Waals surface area contributed by atoms with Crippen LogP contribution in [-0.2, 0) is 17.5 Å². The minimum atomic E-state index is -4.58. The molecule has 0 aliphatic heterocycles. The number of halogens is 4. The SMILES string of the molecule is COc1ccc2c(c1)c(C(=O)C(=O)Nc1cccc(C(F)(F)F)c1)c(C)n2Cc1ccc(Cl)cc1. The molecule has 180 valence electrons. The van der Waals surface area contributed by atoms with Crippen molar-refractivity contribution in [1.82, 2.24) is 4.57 Å². The van der Waals surface area contributed by atoms with Gasteiger partial charge in [-0.05, 0) is 61.0 Å². The van der Waals surface area contributed by atoms with Crippen molar-refractivity contribution in [2.45, 2.75) is 19.6 Å². The van der Waals surface area contributed by atoms with Gasteiger partial charge in [0.05, 0.1) is 18.2 Å². The molecule has 0 unspecified atom stereocenters. The maximum absolute atomic E-state index is 13.3. The van der Waals surface area contributed by atoms with Gasteiger partial charge in [0.1, 0.15) is 5.75 Å². The molecule has 3 aromatic carbocycles. The monoisotopic (exact) mass is 500 g/mol. The number of Topliss-reactive ketones (excluding diaryl/α,β-unsaturated/α-hetero) is 1. The number of methoxy groups -OCH3 is 1. The van der Waals surface area contributed by atoms with Crippen LogP contribution in [0, 0.1) is 6.92 Å². The number of hydrogen-bond acceptors (Lipinski definition) is 3. The smallest absolute Gasteiger partial charge is 0.416 e. The third kappa shape index (κ3) is 5.02. The minimum Gasteiger partial charge on any atom is -0.497 e. The Morgan fingerprint density at radius 2 is 1.74 bits per heavy atom. The lowest BCUT2D eigenvalue weighted by atomic mass is 10.1. The predicted octanol–water partition coefficient (Wildman–Crippen LogP) is 6.50. The summed E-state index contributed by atoms with van der Waals surface area (Å²) in [5.74, 6) is -1.41. The lowest BCUT2D eigenvalue weighted by Crippen LogP contribution is -2.24. The van der Waals surface area contributed by atoms with E-state index >= 15 is 0 Å². The number of aromatic nitrogens is 1. The molecule has 1 N–H and O–H groups in total. The van der Waals surface area contributed by atoms with Crippen LogP contribution in [0.25, 0.3) is 10.9 Å². The van der Waals surface area contributed by atoms with E-state index < -0.39 is 23.4 Å². The maximum atomic E-state index is 13.3. The van der Waals surface area contributed by atoms with Crippen LogP contribution in [0.3, 0.4) is 0 Å². The molecule has 4 rings (SSSR count). The summed E-state index contributed by atoms with van der Waals surface area (Å²) in [5, 5.41) is 3.39. The lowest BCUT2D eigenvalue weighted by molar-refractivity contribution is -0.137. The number of anilines is 1. The molecule has 4 aromatic rings. The highest BCUT2D eigenvalue weighted by atomic mass is 35.5. The van der Waals surface area contributed by atoms with Crippen molar-refractivity contribution >= 4 is 39.9 Å². The van der Waals surface area contributed by atoms with E-state index in [1.54, 1.807) is 37.3 Å². The average molecular weight is 501 g/mol. The van der Waals surface area contributed by atoms with Gasteiger partial charge in [-0.3, -0.25) is 9.59 Å². The van der Waals surface area contributed by atoms with E-state index in [-0.39, 0.29) is 11.3 Å². The first-order valence-corrected chi connectivity index (χ1v) is 10.9. The zero-order valence-electron chi connectivity index (χ0n) is 18.7. The van der Waals surface area contributed by atoms with E-state index in [0.717, 1.165) is 23.8 Å². The Hall–Kier alpha value is -3.78. The Balaban J connectivity index is 1.73. The Bertz CT molecular complexity index is 1430. The molecule has 1 aromatic heterocycles. The molecule has 0 saturated heterocycles. The number of benzene rings is 3. The Morgan fingerprint density at radius 1 is 1.03 bits per heavy atom. The average Bonchev–Trinajstić information content (AvgIpc) is 3.09. The van der Waals surface area contributed by atoms with Crippen molar-refractivity contribution in [3.05, 3.63) is 94.1 Å². The normalized spacial score (nSPS) is 11.5. The lowest BCUT2D eigenvalue weighted by Gasteiger charge is -2.10. The van der Waals surface area contributed by atoms with Crippen LogP contribution >= 0.6 is 11.6 Å². The number of hydrogen-bond donors (Lipinski definition) is 1. The van der Waals surface area contributed by atoms with E-state index in [9.17, 15) is 22.8 Å². The summed E-state index contributed by atoms with van der Waals surface area (Å²) in [6.07, 6.45) is -4.58. The molecule has 0 aliphatic carbocycles. The summed E-state index contributed by atoms with van der Waals surface area (Å²) < 4.78 is 46.3. The van der Waals surface area contributed by atoms with Gasteiger partial charge < -0.3 is 14.6 Å². The van der Waals surface area contributed by atoms with Gasteiger partial charge in [0.2, 0.25) is 0 Å². The Kier molecular flexibility index (Phi) is 6.58. The van der Waals surface area contributed by atoms with Crippen molar-refractivity contribution in [2.75, 3.05) is 12.4 Å². The number of amides is 1. The minimum absolute atomic E-state index is 0.127. The molecule has 0 fully saturated rings. The topological polar surface area (TPSA) is 60.3 Å². The van der Waals surface area contributed by atoms with E-state index in [1.165, 1.54) is 13.2 Å². The zero-order chi connectivity index (χ0) is 25.3. The van der Waals surface area contributed by atoms with Crippen LogP contribution in [0.2, 0.25) is 5.02 Å². The van der Waals surface area contributed by atoms with Crippen LogP contribution in [0.15, 0.2) is 66.7 Å². The highest BCUT2D eigenvalue weighted by Crippen LogP contribution is 2.32. The fourth-order valence-corrected chi connectivity index (χ4v) is 4.05. The predicted molar refractivity (Wildman–Crippen MR) is 128 cm³/mol. The van der Waals surface area contributed by atoms with Gasteiger partial charge in [-0.15, -0.1) is 0 Å². The largest absolute Gasteiger partial charge is 0.497 e. The zero-order valence-corrected chi connectivity index (χ0v) is 19.5. The molecule has 1 amide bonds. The van der Waals surface area contributed by atoms with Gasteiger partial charge in [-0.1, -0.05) is 29.8 Å². The summed E-state index contributed by atoms with van der Waals surface area (Å²) in [7, 11) is 1.49. The number of ether oxygens (including phenoxy) is 1. The van der Waals surface area contributed by atoms with Crippen LogP contribution < -0.4 is 10.1 Å². The highest BCUT2D eigenvalue weighted by Gasteiger charge is 2.31. The van der Waals surface area contributed by atoms with E-state index in [2.05, 4.69) is 5.32 Å². The molecular formula is C26H20ClF3N2O3. The number of rotatable bonds is 6. The van der Waals surface area contributed by atoms with Gasteiger partial charge in [0, 0.05) is 33.9 Å². The number of nitrogens with one attached hydrogen (secondary N) is 1. The van der Waals surface area contributed by atoms with Crippen molar-refractivity contribution in [2.24, 2.45) is 0 Å². The molecule has 0 bridgehead atoms. The molecule has 0 aliphatic rings. The Morgan fingerprint density at radius 3 is 2.40 bits per heavy atom. The number of nitrogens with zero attached hydrogens (tertiary/aromatic N) is 1. The second-order valence-electron chi connectivity index (χ2n) is 7.92. The van der Waals surface area contributed by atoms with Crippen molar-refractivity contribution < 1.29 is 27.5 Å². The summed E-state index contributed by atoms with van der Waals surface area (Å²) in [5.41, 5.74) is 1.26. The van der Waals surface area contributed by atoms with Crippen molar-refractivity contribution in [3.63, 3.8) is 0 Å². The summed E-state index contributed by atoms with van der Waals surface area (Å²) >= 11 is 5.98. The van der Waals surface area contributed by atoms with Gasteiger partial charge in [0.15, 0.2) is 0 Å². The van der Waals surface area contributed by atoms with Crippen LogP contribution in [0.5, 0.6) is 5.75 Å². The molecule has 0 radical (unpaired) electrons. The van der Waals surface area contributed by atoms with Gasteiger partial charge in [-0.2, -0.15) is 13.2 Å². The van der Waals surface area contributed by atoms with Gasteiger partial charge >= 0.3 is 6.18 Å². The number of carbonyl (C=O) groups excluding carboxylic acids is 2. The number of ketones is 1. The van der Waals surface area contributed by atoms with Gasteiger partial charge in [0.25, 0.3) is 11.7 Å². The maximum Gasteiger partial charge on any atom is 0.416 e. The fraction of sp³-hybridized carbons (Fsp3) is 0.154. The van der Waals surface area contributed by atoms with Crippen LogP contribution in [0.1, 0.15) is 27.2 Å². The first-order valence-electron chi connectivity index (χ1n) is 10.5. The second-order valence-corrected chi connectivity index (χ2v) is 8.35. The standard InChI is InChI=1S/C26H20ClF3N2O3/c1-15-23(24(33)25(34)31-19-5-3-4-17(12-19)26(28,29)30)21-13-20(35-2)10-11-22(21)32(15)14-16-6-8-18(27)9-7-16/h3-13H,14H2,1-2H3,(H,31,34). The third-order valence-electron chi connectivity index (χ3n) is 5.67. The fourth-order valence-electron chi connectivity index (χ4n) is 3.93. The molecule has 0 spiro atoms. The van der Waals surface area contributed by atoms with E-state index in [0.29, 0.717) is 33.9 Å². The van der Waals surface area contributed by atoms with E-state index in [4.69, 9.17) is 16.3 Å². The summed E-state index contributed by atoms with van der Waals surface area (Å²) in [6.45, 7) is 2.13. The number of alkyl halides is 3. The summed E-state index contributed by atoms with van der Waals surface area (Å²) in [6, 6.07) is 16.6. The van der Waals surface area contributed by atoms with E-state index in [1.807, 2.05) is 16.7 Å². The first-order chi connectivity index (χ1) is 16.6. The number of carbonyl (C=O) groups is 2. The summed E-state index contributed by atoms with van der Waals surface area (Å²) in [4.78, 5) is 26.1. The molecule has 9 heteroatoms. The molecule has 5 nitrogen and oxygen atoms in total. The quantitative estimate of drug-likeness (QED) is 0.243. The molecular weight excluding hydrogens is 481 g/mol. The molecule has 0 saturated carbocycles. The molecule has 0 atom stereocenters. The highest BCUT2D eigenvalue weighted by molar-refractivity contribution is 6.48. The first kappa shape index (κ1) is 24.3. The Labute approximate surface area is 204 Å². The van der Waals surface area contributed by atoms with Crippen molar-refractivity contribution in [3.8, 4) is 5.75 Å². The van der Waals surface area contributed by atoms with Crippen LogP contribution in [-0.4, -0.2) is 23.4 Å². The molecule has 35 heavy (non-hydrogen) atoms. The molecule has 1 heterocycles.